The van der Waals surface area contributed by atoms with Crippen molar-refractivity contribution in [1.82, 2.24) is 9.80 Å². The fourth-order valence-electron chi connectivity index (χ4n) is 2.86. The second-order valence-corrected chi connectivity index (χ2v) is 5.71. The predicted molar refractivity (Wildman–Crippen MR) is 111 cm³/mol. The maximum atomic E-state index is 5.82. The molecule has 142 valence electrons. The smallest absolute Gasteiger partial charge is 0.144 e. The molecule has 24 heavy (non-hydrogen) atoms. The molecule has 1 saturated heterocycles. The summed E-state index contributed by atoms with van der Waals surface area (Å²) < 4.78 is 5.70. The summed E-state index contributed by atoms with van der Waals surface area (Å²) >= 11 is 0. The zero-order chi connectivity index (χ0) is 13.9. The number of nitrogens with zero attached hydrogens (tertiary/aromatic N) is 3. The molecule has 0 spiro atoms. The summed E-state index contributed by atoms with van der Waals surface area (Å²) in [6.45, 7) is 8.60. The number of nitrogens with two attached hydrogens (primary N) is 1. The van der Waals surface area contributed by atoms with Crippen LogP contribution in [0.5, 0.6) is 5.75 Å². The lowest BCUT2D eigenvalue weighted by atomic mass is 10.2. The Morgan fingerprint density at radius 3 is 2.29 bits per heavy atom. The van der Waals surface area contributed by atoms with E-state index in [-0.39, 0.29) is 49.6 Å². The van der Waals surface area contributed by atoms with Gasteiger partial charge in [-0.05, 0) is 19.2 Å². The van der Waals surface area contributed by atoms with Crippen LogP contribution < -0.4 is 15.4 Å². The molecule has 0 aliphatic carbocycles. The second kappa shape index (κ2) is 12.1. The highest BCUT2D eigenvalue weighted by molar-refractivity contribution is 5.86. The van der Waals surface area contributed by atoms with Crippen molar-refractivity contribution in [3.63, 3.8) is 0 Å². The molecular formula is C15H28Cl4N4O. The second-order valence-electron chi connectivity index (χ2n) is 5.71. The molecule has 0 saturated carbocycles. The van der Waals surface area contributed by atoms with Gasteiger partial charge in [-0.15, -0.1) is 49.6 Å². The number of fused-ring (bicyclic) bond motifs is 1. The van der Waals surface area contributed by atoms with Crippen LogP contribution >= 0.6 is 49.6 Å². The van der Waals surface area contributed by atoms with E-state index in [0.29, 0.717) is 0 Å². The number of hydrogen-bond acceptors (Lipinski definition) is 5. The number of halogens is 4. The van der Waals surface area contributed by atoms with Crippen LogP contribution in [0, 0.1) is 0 Å². The number of hydrogen-bond donors (Lipinski definition) is 1. The van der Waals surface area contributed by atoms with E-state index in [1.807, 2.05) is 12.1 Å². The van der Waals surface area contributed by atoms with Gasteiger partial charge in [0.05, 0.1) is 12.2 Å². The maximum Gasteiger partial charge on any atom is 0.144 e. The van der Waals surface area contributed by atoms with Crippen molar-refractivity contribution in [3.8, 4) is 5.75 Å². The molecule has 1 aromatic carbocycles. The fraction of sp³-hybridized carbons (Fsp3) is 0.600. The van der Waals surface area contributed by atoms with Crippen LogP contribution in [-0.4, -0.2) is 69.3 Å². The quantitative estimate of drug-likeness (QED) is 0.759. The van der Waals surface area contributed by atoms with E-state index in [1.165, 1.54) is 31.9 Å². The first-order valence-electron chi connectivity index (χ1n) is 7.40. The number of rotatable bonds is 3. The molecule has 1 fully saturated rings. The molecule has 2 heterocycles. The summed E-state index contributed by atoms with van der Waals surface area (Å²) in [7, 11) is 2.19. The average Bonchev–Trinajstić information content (AvgIpc) is 2.46. The molecule has 2 N–H and O–H groups in total. The van der Waals surface area contributed by atoms with Crippen molar-refractivity contribution in [2.45, 2.75) is 0 Å². The summed E-state index contributed by atoms with van der Waals surface area (Å²) in [4.78, 5) is 7.35. The first kappa shape index (κ1) is 25.9. The van der Waals surface area contributed by atoms with Crippen molar-refractivity contribution < 1.29 is 4.74 Å². The minimum atomic E-state index is 0. The lowest BCUT2D eigenvalue weighted by Gasteiger charge is -2.36. The minimum Gasteiger partial charge on any atom is -0.489 e. The van der Waals surface area contributed by atoms with Crippen molar-refractivity contribution >= 4 is 61.0 Å². The molecule has 5 nitrogen and oxygen atoms in total. The molecule has 0 atom stereocenters. The highest BCUT2D eigenvalue weighted by Gasteiger charge is 2.20. The van der Waals surface area contributed by atoms with Crippen LogP contribution in [0.25, 0.3) is 0 Å². The standard InChI is InChI=1S/C15H24N4O.4ClH/c1-17-4-6-18(7-5-17)8-9-19-10-11-20-15-12-13(16)2-3-14(15)19;;;;/h2-3,12H,4-11,16H2,1H3;4*1H. The molecule has 1 aromatic rings. The fourth-order valence-corrected chi connectivity index (χ4v) is 2.86. The van der Waals surface area contributed by atoms with Gasteiger partial charge in [-0.3, -0.25) is 4.90 Å². The monoisotopic (exact) mass is 420 g/mol. The van der Waals surface area contributed by atoms with E-state index >= 15 is 0 Å². The first-order chi connectivity index (χ1) is 9.72. The Morgan fingerprint density at radius 2 is 1.62 bits per heavy atom. The Labute approximate surface area is 169 Å². The molecule has 2 aliphatic heterocycles. The van der Waals surface area contributed by atoms with Gasteiger partial charge in [0.15, 0.2) is 0 Å². The van der Waals surface area contributed by atoms with Crippen molar-refractivity contribution in [1.29, 1.82) is 0 Å². The average molecular weight is 422 g/mol. The summed E-state index contributed by atoms with van der Waals surface area (Å²) in [5, 5.41) is 0. The molecule has 9 heteroatoms. The Morgan fingerprint density at radius 1 is 0.958 bits per heavy atom. The van der Waals surface area contributed by atoms with E-state index in [4.69, 9.17) is 10.5 Å². The van der Waals surface area contributed by atoms with Gasteiger partial charge in [-0.1, -0.05) is 0 Å². The lowest BCUT2D eigenvalue weighted by molar-refractivity contribution is 0.156. The predicted octanol–water partition coefficient (Wildman–Crippen LogP) is 2.40. The number of likely N-dealkylation sites (N-methyl/N-ethyl adjacent to an activating group) is 1. The van der Waals surface area contributed by atoms with Gasteiger partial charge >= 0.3 is 0 Å². The summed E-state index contributed by atoms with van der Waals surface area (Å²) in [6.07, 6.45) is 0. The van der Waals surface area contributed by atoms with E-state index in [9.17, 15) is 0 Å². The van der Waals surface area contributed by atoms with Crippen LogP contribution in [0.15, 0.2) is 18.2 Å². The van der Waals surface area contributed by atoms with Crippen molar-refractivity contribution in [2.24, 2.45) is 0 Å². The molecule has 2 aliphatic rings. The summed E-state index contributed by atoms with van der Waals surface area (Å²) in [5.41, 5.74) is 7.77. The minimum absolute atomic E-state index is 0. The van der Waals surface area contributed by atoms with Crippen LogP contribution in [0.2, 0.25) is 0 Å². The molecule has 0 amide bonds. The Bertz CT molecular complexity index is 473. The van der Waals surface area contributed by atoms with E-state index in [0.717, 1.165) is 37.7 Å². The summed E-state index contributed by atoms with van der Waals surface area (Å²) in [5.74, 6) is 0.926. The van der Waals surface area contributed by atoms with Crippen LogP contribution in [0.3, 0.4) is 0 Å². The topological polar surface area (TPSA) is 45.0 Å². The number of benzene rings is 1. The summed E-state index contributed by atoms with van der Waals surface area (Å²) in [6, 6.07) is 5.96. The van der Waals surface area contributed by atoms with Gasteiger partial charge < -0.3 is 20.3 Å². The molecular weight excluding hydrogens is 394 g/mol. The van der Waals surface area contributed by atoms with Gasteiger partial charge in [0.2, 0.25) is 0 Å². The van der Waals surface area contributed by atoms with E-state index in [2.05, 4.69) is 27.8 Å². The van der Waals surface area contributed by atoms with E-state index < -0.39 is 0 Å². The Balaban J connectivity index is 0. The molecule has 0 unspecified atom stereocenters. The zero-order valence-corrected chi connectivity index (χ0v) is 17.1. The third-order valence-corrected chi connectivity index (χ3v) is 4.23. The van der Waals surface area contributed by atoms with Gasteiger partial charge in [0, 0.05) is 51.0 Å². The Hall–Kier alpha value is -0.300. The van der Waals surface area contributed by atoms with Gasteiger partial charge in [0.1, 0.15) is 12.4 Å². The normalized spacial score (nSPS) is 17.1. The third kappa shape index (κ3) is 6.54. The number of anilines is 2. The van der Waals surface area contributed by atoms with Gasteiger partial charge in [-0.2, -0.15) is 0 Å². The first-order valence-corrected chi connectivity index (χ1v) is 7.40. The maximum absolute atomic E-state index is 5.82. The number of ether oxygens (including phenoxy) is 1. The molecule has 3 rings (SSSR count). The van der Waals surface area contributed by atoms with Crippen LogP contribution in [-0.2, 0) is 0 Å². The number of nitrogen functional groups attached to an aromatic ring is 1. The lowest BCUT2D eigenvalue weighted by Crippen LogP contribution is -2.47. The van der Waals surface area contributed by atoms with Gasteiger partial charge in [0.25, 0.3) is 0 Å². The van der Waals surface area contributed by atoms with Crippen LogP contribution in [0.4, 0.5) is 11.4 Å². The van der Waals surface area contributed by atoms with Gasteiger partial charge in [-0.25, -0.2) is 0 Å². The Kier molecular flexibility index (Phi) is 13.1. The SMILES string of the molecule is CN1CCN(CCN2CCOc3cc(N)ccc32)CC1.Cl.Cl.Cl.Cl. The molecule has 0 radical (unpaired) electrons. The highest BCUT2D eigenvalue weighted by atomic mass is 35.5. The van der Waals surface area contributed by atoms with Crippen LogP contribution in [0.1, 0.15) is 0 Å². The highest BCUT2D eigenvalue weighted by Crippen LogP contribution is 2.32. The van der Waals surface area contributed by atoms with E-state index in [1.54, 1.807) is 0 Å². The van der Waals surface area contributed by atoms with Crippen molar-refractivity contribution in [2.75, 3.05) is 70.1 Å². The largest absolute Gasteiger partial charge is 0.489 e. The molecule has 0 aromatic heterocycles. The van der Waals surface area contributed by atoms with Crippen molar-refractivity contribution in [3.05, 3.63) is 18.2 Å². The molecule has 0 bridgehead atoms. The third-order valence-electron chi connectivity index (χ3n) is 4.23. The number of piperazine rings is 1. The zero-order valence-electron chi connectivity index (χ0n) is 13.8.